The molecule has 0 fully saturated rings. The lowest BCUT2D eigenvalue weighted by Gasteiger charge is -2.26. The molecule has 0 amide bonds. The highest BCUT2D eigenvalue weighted by Gasteiger charge is 2.26. The van der Waals surface area contributed by atoms with E-state index >= 15 is 0 Å². The summed E-state index contributed by atoms with van der Waals surface area (Å²) < 4.78 is 7.14. The number of hydrogen-bond acceptors (Lipinski definition) is 5. The maximum absolute atomic E-state index is 5.95. The Bertz CT molecular complexity index is 5370. The minimum atomic E-state index is 0.536. The molecule has 0 bridgehead atoms. The summed E-state index contributed by atoms with van der Waals surface area (Å²) in [6.07, 6.45) is 0. The van der Waals surface area contributed by atoms with Crippen molar-refractivity contribution < 1.29 is 0 Å². The van der Waals surface area contributed by atoms with Gasteiger partial charge in [-0.1, -0.05) is 176 Å². The van der Waals surface area contributed by atoms with Gasteiger partial charge in [0.2, 0.25) is 5.95 Å². The summed E-state index contributed by atoms with van der Waals surface area (Å²) in [7, 11) is 0. The highest BCUT2D eigenvalue weighted by atomic mass is 15.3. The van der Waals surface area contributed by atoms with Crippen molar-refractivity contribution in [3.63, 3.8) is 0 Å². The predicted molar refractivity (Wildman–Crippen MR) is 367 cm³/mol. The molecule has 4 heterocycles. The molecule has 88 heavy (non-hydrogen) atoms. The number of anilines is 9. The fourth-order valence-electron chi connectivity index (χ4n) is 13.3. The van der Waals surface area contributed by atoms with E-state index in [1.807, 2.05) is 0 Å². The van der Waals surface area contributed by atoms with Gasteiger partial charge in [0.25, 0.3) is 0 Å². The minimum Gasteiger partial charge on any atom is -0.310 e. The van der Waals surface area contributed by atoms with Crippen LogP contribution in [0.2, 0.25) is 0 Å². The molecule has 0 saturated carbocycles. The lowest BCUT2D eigenvalue weighted by Crippen LogP contribution is -2.15. The van der Waals surface area contributed by atoms with Gasteiger partial charge >= 0.3 is 0 Å². The van der Waals surface area contributed by atoms with Gasteiger partial charge < -0.3 is 18.9 Å². The SMILES string of the molecule is c1ccc(N(c2ccccc2)c2ccc3c(c2)c2ccccc2n3-c2nc(N(c3ccccc3)c3ccc4c5ccccc5n(-c5ccccc5)c4c3)nc3ccc(-n4c5ccccc5c5ccc(N(c6ccccc6)c6ccccc6)cc54)cc23)cc1. The van der Waals surface area contributed by atoms with Crippen LogP contribution in [-0.2, 0) is 0 Å². The summed E-state index contributed by atoms with van der Waals surface area (Å²) in [4.78, 5) is 18.5. The Morgan fingerprint density at radius 2 is 0.568 bits per heavy atom. The molecule has 0 aliphatic heterocycles. The average Bonchev–Trinajstić information content (AvgIpc) is 2.28. The number of aromatic nitrogens is 5. The Hall–Kier alpha value is -12.0. The third kappa shape index (κ3) is 8.37. The first-order chi connectivity index (χ1) is 43.7. The lowest BCUT2D eigenvalue weighted by atomic mass is 10.1. The Morgan fingerprint density at radius 1 is 0.205 bits per heavy atom. The fourth-order valence-corrected chi connectivity index (χ4v) is 13.3. The van der Waals surface area contributed by atoms with Crippen molar-refractivity contribution >= 4 is 128 Å². The van der Waals surface area contributed by atoms with Crippen LogP contribution in [0.5, 0.6) is 0 Å². The molecule has 0 spiro atoms. The molecular formula is C80H54N8. The molecule has 8 heteroatoms. The lowest BCUT2D eigenvalue weighted by molar-refractivity contribution is 1.03. The van der Waals surface area contributed by atoms with Crippen molar-refractivity contribution in [1.82, 2.24) is 23.7 Å². The zero-order chi connectivity index (χ0) is 58.1. The van der Waals surface area contributed by atoms with Crippen molar-refractivity contribution in [2.75, 3.05) is 14.7 Å². The average molecular weight is 1130 g/mol. The first kappa shape index (κ1) is 50.5. The zero-order valence-electron chi connectivity index (χ0n) is 47.8. The van der Waals surface area contributed by atoms with Crippen LogP contribution in [0.4, 0.5) is 51.4 Å². The van der Waals surface area contributed by atoms with Crippen LogP contribution in [0.25, 0.3) is 93.5 Å². The predicted octanol–water partition coefficient (Wildman–Crippen LogP) is 21.3. The van der Waals surface area contributed by atoms with E-state index in [0.717, 1.165) is 128 Å². The van der Waals surface area contributed by atoms with Crippen LogP contribution in [0.3, 0.4) is 0 Å². The molecule has 0 aliphatic carbocycles. The van der Waals surface area contributed by atoms with E-state index in [1.165, 1.54) is 10.8 Å². The van der Waals surface area contributed by atoms with Crippen LogP contribution in [0.15, 0.2) is 328 Å². The van der Waals surface area contributed by atoms with E-state index in [9.17, 15) is 0 Å². The molecule has 0 N–H and O–H groups in total. The number of rotatable bonds is 12. The quantitative estimate of drug-likeness (QED) is 0.122. The Morgan fingerprint density at radius 3 is 1.07 bits per heavy atom. The number of nitrogens with zero attached hydrogens (tertiary/aromatic N) is 8. The van der Waals surface area contributed by atoms with Crippen molar-refractivity contribution in [3.8, 4) is 17.2 Å². The minimum absolute atomic E-state index is 0.536. The largest absolute Gasteiger partial charge is 0.310 e. The summed E-state index contributed by atoms with van der Waals surface area (Å²) in [5, 5.41) is 7.79. The first-order valence-electron chi connectivity index (χ1n) is 29.8. The van der Waals surface area contributed by atoms with E-state index in [4.69, 9.17) is 9.97 Å². The van der Waals surface area contributed by atoms with Crippen molar-refractivity contribution in [2.45, 2.75) is 0 Å². The van der Waals surface area contributed by atoms with Gasteiger partial charge in [0.1, 0.15) is 0 Å². The van der Waals surface area contributed by atoms with E-state index in [-0.39, 0.29) is 0 Å². The number of para-hydroxylation sites is 9. The molecule has 17 aromatic rings. The van der Waals surface area contributed by atoms with Crippen LogP contribution in [0.1, 0.15) is 0 Å². The van der Waals surface area contributed by atoms with Gasteiger partial charge in [-0.2, -0.15) is 4.98 Å². The first-order valence-corrected chi connectivity index (χ1v) is 29.8. The summed E-state index contributed by atoms with van der Waals surface area (Å²) in [5.41, 5.74) is 17.6. The molecule has 4 aromatic heterocycles. The topological polar surface area (TPSA) is 50.3 Å². The molecule has 13 aromatic carbocycles. The van der Waals surface area contributed by atoms with Gasteiger partial charge in [0.05, 0.1) is 44.3 Å². The van der Waals surface area contributed by atoms with Gasteiger partial charge in [-0.15, -0.1) is 0 Å². The highest BCUT2D eigenvalue weighted by molar-refractivity contribution is 6.14. The summed E-state index contributed by atoms with van der Waals surface area (Å²) >= 11 is 0. The monoisotopic (exact) mass is 1130 g/mol. The fraction of sp³-hybridized carbons (Fsp3) is 0. The molecule has 414 valence electrons. The second-order valence-electron chi connectivity index (χ2n) is 22.2. The van der Waals surface area contributed by atoms with Crippen molar-refractivity contribution in [1.29, 1.82) is 0 Å². The molecule has 0 unspecified atom stereocenters. The van der Waals surface area contributed by atoms with Crippen molar-refractivity contribution in [2.24, 2.45) is 0 Å². The Labute approximate surface area is 508 Å². The highest BCUT2D eigenvalue weighted by Crippen LogP contribution is 2.45. The molecular weight excluding hydrogens is 1070 g/mol. The Kier molecular flexibility index (Phi) is 12.0. The van der Waals surface area contributed by atoms with Gasteiger partial charge in [-0.05, 0) is 152 Å². The van der Waals surface area contributed by atoms with E-state index < -0.39 is 0 Å². The Balaban J connectivity index is 0.932. The van der Waals surface area contributed by atoms with Gasteiger partial charge in [0, 0.05) is 88.9 Å². The molecule has 17 rings (SSSR count). The summed E-state index contributed by atoms with van der Waals surface area (Å²) in [6, 6.07) is 117. The normalized spacial score (nSPS) is 11.6. The third-order valence-corrected chi connectivity index (χ3v) is 17.1. The molecule has 0 aliphatic rings. The number of benzene rings is 13. The van der Waals surface area contributed by atoms with Crippen LogP contribution >= 0.6 is 0 Å². The van der Waals surface area contributed by atoms with Gasteiger partial charge in [-0.3, -0.25) is 9.47 Å². The van der Waals surface area contributed by atoms with Crippen LogP contribution in [0, 0.1) is 0 Å². The molecule has 0 atom stereocenters. The molecule has 0 saturated heterocycles. The van der Waals surface area contributed by atoms with E-state index in [2.05, 4.69) is 356 Å². The maximum Gasteiger partial charge on any atom is 0.237 e. The standard InChI is InChI=1S/C80H54N8/c1-7-25-55(26-8-1)83(56-27-9-2-10-28-56)61-46-50-76-70(51-61)67-39-21-24-42-75(67)88(76)79-71-52-62(87-74-41-23-20-38-66(74)69-47-43-63(53-78(69)87)84(57-29-11-3-12-30-57)58-31-13-4-14-32-58)45-49-72(71)81-80(82-79)85(59-33-15-5-16-34-59)64-44-48-68-65-37-19-22-40-73(65)86(77(68)54-64)60-35-17-6-18-36-60/h1-54H. The summed E-state index contributed by atoms with van der Waals surface area (Å²) in [6.45, 7) is 0. The van der Waals surface area contributed by atoms with Gasteiger partial charge in [0.15, 0.2) is 5.82 Å². The number of fused-ring (bicyclic) bond motifs is 10. The third-order valence-electron chi connectivity index (χ3n) is 17.1. The second kappa shape index (κ2) is 21.0. The number of hydrogen-bond donors (Lipinski definition) is 0. The second-order valence-corrected chi connectivity index (χ2v) is 22.2. The molecule has 0 radical (unpaired) electrons. The van der Waals surface area contributed by atoms with Crippen molar-refractivity contribution in [3.05, 3.63) is 328 Å². The zero-order valence-corrected chi connectivity index (χ0v) is 47.8. The smallest absolute Gasteiger partial charge is 0.237 e. The van der Waals surface area contributed by atoms with E-state index in [1.54, 1.807) is 0 Å². The summed E-state index contributed by atoms with van der Waals surface area (Å²) in [5.74, 6) is 1.29. The van der Waals surface area contributed by atoms with E-state index in [0.29, 0.717) is 5.95 Å². The maximum atomic E-state index is 5.95. The molecule has 8 nitrogen and oxygen atoms in total. The van der Waals surface area contributed by atoms with Gasteiger partial charge in [-0.25, -0.2) is 4.98 Å². The van der Waals surface area contributed by atoms with Crippen LogP contribution in [-0.4, -0.2) is 23.7 Å². The van der Waals surface area contributed by atoms with Crippen LogP contribution < -0.4 is 14.7 Å².